The van der Waals surface area contributed by atoms with Crippen molar-refractivity contribution in [3.05, 3.63) is 18.5 Å². The Morgan fingerprint density at radius 1 is 1.23 bits per heavy atom. The fourth-order valence-electron chi connectivity index (χ4n) is 3.92. The third-order valence-corrected chi connectivity index (χ3v) is 5.11. The third kappa shape index (κ3) is 3.19. The van der Waals surface area contributed by atoms with Crippen molar-refractivity contribution < 1.29 is 4.79 Å². The Kier molecular flexibility index (Phi) is 4.81. The van der Waals surface area contributed by atoms with E-state index in [2.05, 4.69) is 28.9 Å². The molecule has 2 aliphatic rings. The summed E-state index contributed by atoms with van der Waals surface area (Å²) in [4.78, 5) is 14.7. The Labute approximate surface area is 133 Å². The number of amides is 1. The van der Waals surface area contributed by atoms with Gasteiger partial charge in [-0.25, -0.2) is 0 Å². The first-order chi connectivity index (χ1) is 10.7. The Hall–Kier alpha value is -1.36. The topological polar surface area (TPSA) is 50.2 Å². The molecule has 0 spiro atoms. The van der Waals surface area contributed by atoms with Crippen LogP contribution < -0.4 is 5.32 Å². The fourth-order valence-corrected chi connectivity index (χ4v) is 3.92. The van der Waals surface area contributed by atoms with E-state index in [1.807, 2.05) is 23.4 Å². The van der Waals surface area contributed by atoms with E-state index in [0.717, 1.165) is 32.2 Å². The molecule has 3 rings (SSSR count). The van der Waals surface area contributed by atoms with E-state index < -0.39 is 0 Å². The number of rotatable bonds is 4. The van der Waals surface area contributed by atoms with E-state index in [-0.39, 0.29) is 11.9 Å². The van der Waals surface area contributed by atoms with Gasteiger partial charge in [0.15, 0.2) is 0 Å². The van der Waals surface area contributed by atoms with Crippen LogP contribution in [0.25, 0.3) is 0 Å². The summed E-state index contributed by atoms with van der Waals surface area (Å²) < 4.78 is 2.07. The van der Waals surface area contributed by atoms with Gasteiger partial charge in [-0.2, -0.15) is 5.10 Å². The molecule has 5 nitrogen and oxygen atoms in total. The second-order valence-electron chi connectivity index (χ2n) is 6.93. The molecule has 1 saturated carbocycles. The summed E-state index contributed by atoms with van der Waals surface area (Å²) in [5.74, 6) is 0.283. The summed E-state index contributed by atoms with van der Waals surface area (Å²) in [7, 11) is 0. The second kappa shape index (κ2) is 6.82. The maximum Gasteiger partial charge on any atom is 0.239 e. The highest BCUT2D eigenvalue weighted by molar-refractivity contribution is 5.82. The van der Waals surface area contributed by atoms with Gasteiger partial charge >= 0.3 is 0 Å². The van der Waals surface area contributed by atoms with Crippen molar-refractivity contribution in [3.63, 3.8) is 0 Å². The van der Waals surface area contributed by atoms with Gasteiger partial charge in [-0.3, -0.25) is 9.48 Å². The summed E-state index contributed by atoms with van der Waals surface area (Å²) in [6.07, 6.45) is 10.7. The van der Waals surface area contributed by atoms with Crippen molar-refractivity contribution in [2.75, 3.05) is 6.54 Å². The zero-order chi connectivity index (χ0) is 15.5. The van der Waals surface area contributed by atoms with Crippen molar-refractivity contribution in [3.8, 4) is 0 Å². The largest absolute Gasteiger partial charge is 0.339 e. The Morgan fingerprint density at radius 3 is 2.77 bits per heavy atom. The number of carbonyl (C=O) groups excluding carboxylic acids is 1. The highest BCUT2D eigenvalue weighted by atomic mass is 16.2. The van der Waals surface area contributed by atoms with Gasteiger partial charge in [-0.1, -0.05) is 12.8 Å². The predicted molar refractivity (Wildman–Crippen MR) is 86.5 cm³/mol. The molecule has 122 valence electrons. The average Bonchev–Trinajstić information content (AvgIpc) is 3.04. The lowest BCUT2D eigenvalue weighted by Crippen LogP contribution is -2.56. The molecule has 1 aliphatic carbocycles. The van der Waals surface area contributed by atoms with Crippen molar-refractivity contribution in [2.24, 2.45) is 0 Å². The number of hydrogen-bond donors (Lipinski definition) is 1. The van der Waals surface area contributed by atoms with Crippen LogP contribution in [-0.2, 0) is 4.79 Å². The normalized spacial score (nSPS) is 30.0. The molecule has 0 aromatic carbocycles. The molecule has 1 amide bonds. The summed E-state index contributed by atoms with van der Waals surface area (Å²) in [5, 5.41) is 8.11. The van der Waals surface area contributed by atoms with Crippen LogP contribution in [0.2, 0.25) is 0 Å². The molecular formula is C17H28N4O. The van der Waals surface area contributed by atoms with Gasteiger partial charge in [0, 0.05) is 31.0 Å². The van der Waals surface area contributed by atoms with Crippen LogP contribution in [0.1, 0.15) is 58.4 Å². The van der Waals surface area contributed by atoms with Crippen LogP contribution in [0.5, 0.6) is 0 Å². The molecule has 3 unspecified atom stereocenters. The van der Waals surface area contributed by atoms with E-state index in [1.54, 1.807) is 0 Å². The van der Waals surface area contributed by atoms with Crippen molar-refractivity contribution in [1.82, 2.24) is 20.0 Å². The molecular weight excluding hydrogens is 276 g/mol. The number of nitrogens with one attached hydrogen (secondary N) is 1. The molecule has 1 aliphatic heterocycles. The molecule has 22 heavy (non-hydrogen) atoms. The summed E-state index contributed by atoms with van der Waals surface area (Å²) in [5.41, 5.74) is 0. The second-order valence-corrected chi connectivity index (χ2v) is 6.93. The van der Waals surface area contributed by atoms with E-state index in [4.69, 9.17) is 0 Å². The van der Waals surface area contributed by atoms with E-state index >= 15 is 0 Å². The van der Waals surface area contributed by atoms with Gasteiger partial charge < -0.3 is 10.2 Å². The Morgan fingerprint density at radius 2 is 2.05 bits per heavy atom. The minimum absolute atomic E-state index is 0.0164. The van der Waals surface area contributed by atoms with Crippen LogP contribution in [0.15, 0.2) is 18.5 Å². The minimum atomic E-state index is -0.0164. The summed E-state index contributed by atoms with van der Waals surface area (Å²) >= 11 is 0. The number of likely N-dealkylation sites (tertiary alicyclic amines) is 1. The van der Waals surface area contributed by atoms with Crippen LogP contribution in [0.3, 0.4) is 0 Å². The Balaban J connectivity index is 1.69. The van der Waals surface area contributed by atoms with Crippen LogP contribution >= 0.6 is 0 Å². The Bertz CT molecular complexity index is 485. The van der Waals surface area contributed by atoms with E-state index in [9.17, 15) is 4.79 Å². The predicted octanol–water partition coefficient (Wildman–Crippen LogP) is 2.36. The highest BCUT2D eigenvalue weighted by Gasteiger charge is 2.35. The van der Waals surface area contributed by atoms with Crippen LogP contribution in [0, 0.1) is 0 Å². The third-order valence-electron chi connectivity index (χ3n) is 5.11. The molecule has 1 saturated heterocycles. The van der Waals surface area contributed by atoms with Crippen molar-refractivity contribution in [2.45, 2.75) is 76.5 Å². The molecule has 2 heterocycles. The summed E-state index contributed by atoms with van der Waals surface area (Å²) in [6.45, 7) is 5.11. The number of hydrogen-bond acceptors (Lipinski definition) is 3. The molecule has 3 atom stereocenters. The molecule has 0 radical (unpaired) electrons. The molecule has 5 heteroatoms. The lowest BCUT2D eigenvalue weighted by atomic mass is 9.89. The van der Waals surface area contributed by atoms with Gasteiger partial charge in [0.2, 0.25) is 5.91 Å². The first kappa shape index (κ1) is 15.5. The first-order valence-corrected chi connectivity index (χ1v) is 8.72. The van der Waals surface area contributed by atoms with Crippen molar-refractivity contribution in [1.29, 1.82) is 0 Å². The SMILES string of the molecule is CC(C)N1CCCC(NC2CCCCC2n2cccn2)C1=O. The standard InChI is InChI=1S/C17H28N4O/c1-13(2)20-11-5-8-15(17(20)22)19-14-7-3-4-9-16(14)21-12-6-10-18-21/h6,10,12-16,19H,3-5,7-9,11H2,1-2H3. The number of nitrogens with zero attached hydrogens (tertiary/aromatic N) is 3. The van der Waals surface area contributed by atoms with E-state index in [1.165, 1.54) is 12.8 Å². The van der Waals surface area contributed by atoms with Crippen LogP contribution in [0.4, 0.5) is 0 Å². The fraction of sp³-hybridized carbons (Fsp3) is 0.765. The molecule has 1 aromatic heterocycles. The average molecular weight is 304 g/mol. The number of piperidine rings is 1. The van der Waals surface area contributed by atoms with Gasteiger partial charge in [0.05, 0.1) is 12.1 Å². The maximum atomic E-state index is 12.7. The molecule has 1 N–H and O–H groups in total. The molecule has 1 aromatic rings. The van der Waals surface area contributed by atoms with Gasteiger partial charge in [-0.05, 0) is 45.6 Å². The lowest BCUT2D eigenvalue weighted by molar-refractivity contribution is -0.138. The quantitative estimate of drug-likeness (QED) is 0.929. The number of aromatic nitrogens is 2. The zero-order valence-corrected chi connectivity index (χ0v) is 13.7. The van der Waals surface area contributed by atoms with Crippen molar-refractivity contribution >= 4 is 5.91 Å². The first-order valence-electron chi connectivity index (χ1n) is 8.72. The van der Waals surface area contributed by atoms with E-state index in [0.29, 0.717) is 18.1 Å². The highest BCUT2D eigenvalue weighted by Crippen LogP contribution is 2.29. The smallest absolute Gasteiger partial charge is 0.239 e. The monoisotopic (exact) mass is 304 g/mol. The number of carbonyl (C=O) groups is 1. The van der Waals surface area contributed by atoms with Crippen LogP contribution in [-0.4, -0.2) is 45.3 Å². The van der Waals surface area contributed by atoms with Gasteiger partial charge in [0.25, 0.3) is 0 Å². The summed E-state index contributed by atoms with van der Waals surface area (Å²) in [6, 6.07) is 3.00. The minimum Gasteiger partial charge on any atom is -0.339 e. The molecule has 2 fully saturated rings. The maximum absolute atomic E-state index is 12.7. The molecule has 0 bridgehead atoms. The van der Waals surface area contributed by atoms with Gasteiger partial charge in [0.1, 0.15) is 0 Å². The zero-order valence-electron chi connectivity index (χ0n) is 13.7. The van der Waals surface area contributed by atoms with Gasteiger partial charge in [-0.15, -0.1) is 0 Å². The lowest BCUT2D eigenvalue weighted by Gasteiger charge is -2.40.